The van der Waals surface area contributed by atoms with E-state index in [1.54, 1.807) is 37.5 Å². The number of amides is 2. The number of nitrogens with zero attached hydrogens (tertiary/aromatic N) is 1. The van der Waals surface area contributed by atoms with Crippen molar-refractivity contribution in [2.75, 3.05) is 5.32 Å². The summed E-state index contributed by atoms with van der Waals surface area (Å²) in [5.74, 6) is -1.07. The molecule has 0 spiro atoms. The lowest BCUT2D eigenvalue weighted by molar-refractivity contribution is -0.143. The van der Waals surface area contributed by atoms with E-state index in [0.717, 1.165) is 10.8 Å². The van der Waals surface area contributed by atoms with Gasteiger partial charge in [0.05, 0.1) is 5.69 Å². The fourth-order valence-corrected chi connectivity index (χ4v) is 1.93. The zero-order valence-electron chi connectivity index (χ0n) is 11.9. The maximum absolute atomic E-state index is 12.0. The number of carboxylic acids is 1. The predicted octanol–water partition coefficient (Wildman–Crippen LogP) is 2.61. The lowest BCUT2D eigenvalue weighted by atomic mass is 10.00. The van der Waals surface area contributed by atoms with E-state index in [2.05, 4.69) is 15.6 Å². The summed E-state index contributed by atoms with van der Waals surface area (Å²) in [5, 5.41) is 16.1. The highest BCUT2D eigenvalue weighted by Crippen LogP contribution is 2.22. The topological polar surface area (TPSA) is 91.3 Å². The lowest BCUT2D eigenvalue weighted by Crippen LogP contribution is -2.53. The normalized spacial score (nSPS) is 13.4. The zero-order valence-corrected chi connectivity index (χ0v) is 11.9. The van der Waals surface area contributed by atoms with Gasteiger partial charge in [-0.15, -0.1) is 0 Å². The molecule has 1 unspecified atom stereocenters. The highest BCUT2D eigenvalue weighted by molar-refractivity contribution is 6.02. The Kier molecular flexibility index (Phi) is 4.07. The van der Waals surface area contributed by atoms with Crippen LogP contribution in [0.25, 0.3) is 10.8 Å². The number of anilines is 1. The molecule has 2 amide bonds. The smallest absolute Gasteiger partial charge is 0.329 e. The molecule has 1 atom stereocenters. The van der Waals surface area contributed by atoms with Gasteiger partial charge in [0.25, 0.3) is 0 Å². The van der Waals surface area contributed by atoms with Crippen molar-refractivity contribution in [1.82, 2.24) is 10.3 Å². The van der Waals surface area contributed by atoms with Crippen molar-refractivity contribution in [2.45, 2.75) is 25.8 Å². The van der Waals surface area contributed by atoms with E-state index in [-0.39, 0.29) is 6.42 Å². The van der Waals surface area contributed by atoms with Crippen LogP contribution in [0.15, 0.2) is 36.7 Å². The molecule has 2 rings (SSSR count). The molecule has 0 saturated carbocycles. The summed E-state index contributed by atoms with van der Waals surface area (Å²) >= 11 is 0. The van der Waals surface area contributed by atoms with Crippen molar-refractivity contribution in [1.29, 1.82) is 0 Å². The molecule has 0 saturated heterocycles. The molecule has 0 radical (unpaired) electrons. The minimum absolute atomic E-state index is 0.287. The summed E-state index contributed by atoms with van der Waals surface area (Å²) in [6.45, 7) is 3.18. The van der Waals surface area contributed by atoms with Crippen molar-refractivity contribution < 1.29 is 14.7 Å². The number of benzene rings is 1. The van der Waals surface area contributed by atoms with Gasteiger partial charge in [-0.2, -0.15) is 0 Å². The van der Waals surface area contributed by atoms with E-state index in [9.17, 15) is 9.59 Å². The molecule has 3 N–H and O–H groups in total. The fraction of sp³-hybridized carbons (Fsp3) is 0.267. The van der Waals surface area contributed by atoms with E-state index >= 15 is 0 Å². The van der Waals surface area contributed by atoms with Crippen molar-refractivity contribution >= 4 is 28.5 Å². The monoisotopic (exact) mass is 287 g/mol. The van der Waals surface area contributed by atoms with Crippen molar-refractivity contribution in [3.05, 3.63) is 36.7 Å². The number of carbonyl (C=O) groups is 2. The Morgan fingerprint density at radius 3 is 2.76 bits per heavy atom. The number of rotatable bonds is 4. The Morgan fingerprint density at radius 2 is 2.10 bits per heavy atom. The van der Waals surface area contributed by atoms with Gasteiger partial charge in [0.15, 0.2) is 0 Å². The molecule has 110 valence electrons. The van der Waals surface area contributed by atoms with Gasteiger partial charge >= 0.3 is 12.0 Å². The van der Waals surface area contributed by atoms with E-state index < -0.39 is 17.5 Å². The molecule has 1 aromatic heterocycles. The molecule has 0 aliphatic carbocycles. The number of hydrogen-bond donors (Lipinski definition) is 3. The van der Waals surface area contributed by atoms with Gasteiger partial charge in [0, 0.05) is 23.2 Å². The maximum Gasteiger partial charge on any atom is 0.329 e. The summed E-state index contributed by atoms with van der Waals surface area (Å²) in [6.07, 6.45) is 3.62. The summed E-state index contributed by atoms with van der Waals surface area (Å²) < 4.78 is 0. The first kappa shape index (κ1) is 14.8. The third-order valence-corrected chi connectivity index (χ3v) is 3.50. The van der Waals surface area contributed by atoms with E-state index in [1.165, 1.54) is 6.92 Å². The Balaban J connectivity index is 2.21. The van der Waals surface area contributed by atoms with Crippen LogP contribution in [0.1, 0.15) is 20.3 Å². The van der Waals surface area contributed by atoms with Crippen LogP contribution < -0.4 is 10.6 Å². The second-order valence-electron chi connectivity index (χ2n) is 4.97. The molecule has 6 heteroatoms. The zero-order chi connectivity index (χ0) is 15.5. The number of pyridine rings is 1. The molecular weight excluding hydrogens is 270 g/mol. The molecule has 0 bridgehead atoms. The molecule has 1 aromatic carbocycles. The van der Waals surface area contributed by atoms with Crippen LogP contribution in [0.4, 0.5) is 10.5 Å². The summed E-state index contributed by atoms with van der Waals surface area (Å²) in [5.41, 5.74) is -0.688. The number of aromatic nitrogens is 1. The van der Waals surface area contributed by atoms with E-state index in [0.29, 0.717) is 5.69 Å². The molecular formula is C15H17N3O3. The van der Waals surface area contributed by atoms with Gasteiger partial charge in [-0.3, -0.25) is 4.98 Å². The highest BCUT2D eigenvalue weighted by atomic mass is 16.4. The second kappa shape index (κ2) is 5.78. The van der Waals surface area contributed by atoms with Gasteiger partial charge in [0.2, 0.25) is 0 Å². The standard InChI is InChI=1S/C15H17N3O3/c1-3-15(2,13(19)20)18-14(21)17-12-6-4-5-10-9-16-8-7-11(10)12/h4-9H,3H2,1-2H3,(H,19,20)(H2,17,18,21). The SMILES string of the molecule is CCC(C)(NC(=O)Nc1cccc2cnccc12)C(=O)O. The van der Waals surface area contributed by atoms with Crippen LogP contribution in [0.3, 0.4) is 0 Å². The Bertz CT molecular complexity index is 681. The summed E-state index contributed by atoms with van der Waals surface area (Å²) in [4.78, 5) is 27.3. The van der Waals surface area contributed by atoms with E-state index in [4.69, 9.17) is 5.11 Å². The third kappa shape index (κ3) is 3.10. The maximum atomic E-state index is 12.0. The number of fused-ring (bicyclic) bond motifs is 1. The predicted molar refractivity (Wildman–Crippen MR) is 80.2 cm³/mol. The van der Waals surface area contributed by atoms with Crippen molar-refractivity contribution in [2.24, 2.45) is 0 Å². The van der Waals surface area contributed by atoms with Gasteiger partial charge in [-0.05, 0) is 25.5 Å². The minimum Gasteiger partial charge on any atom is -0.480 e. The van der Waals surface area contributed by atoms with Crippen LogP contribution in [-0.2, 0) is 4.79 Å². The average molecular weight is 287 g/mol. The molecule has 6 nitrogen and oxygen atoms in total. The molecule has 0 fully saturated rings. The minimum atomic E-state index is -1.30. The molecule has 0 aliphatic heterocycles. The quantitative estimate of drug-likeness (QED) is 0.806. The summed E-state index contributed by atoms with van der Waals surface area (Å²) in [6, 6.07) is 6.69. The van der Waals surface area contributed by atoms with Gasteiger partial charge in [-0.25, -0.2) is 9.59 Å². The molecule has 2 aromatic rings. The van der Waals surface area contributed by atoms with Gasteiger partial charge in [-0.1, -0.05) is 19.1 Å². The number of carbonyl (C=O) groups excluding carboxylic acids is 1. The largest absolute Gasteiger partial charge is 0.480 e. The third-order valence-electron chi connectivity index (χ3n) is 3.50. The average Bonchev–Trinajstić information content (AvgIpc) is 2.47. The van der Waals surface area contributed by atoms with Crippen molar-refractivity contribution in [3.63, 3.8) is 0 Å². The van der Waals surface area contributed by atoms with Gasteiger partial charge in [0.1, 0.15) is 5.54 Å². The van der Waals surface area contributed by atoms with Crippen LogP contribution in [0.5, 0.6) is 0 Å². The van der Waals surface area contributed by atoms with E-state index in [1.807, 2.05) is 6.07 Å². The Morgan fingerprint density at radius 1 is 1.33 bits per heavy atom. The first-order valence-electron chi connectivity index (χ1n) is 6.61. The second-order valence-corrected chi connectivity index (χ2v) is 4.97. The van der Waals surface area contributed by atoms with Crippen LogP contribution >= 0.6 is 0 Å². The number of hydrogen-bond acceptors (Lipinski definition) is 3. The summed E-state index contributed by atoms with van der Waals surface area (Å²) in [7, 11) is 0. The number of aliphatic carboxylic acids is 1. The molecule has 0 aliphatic rings. The number of urea groups is 1. The molecule has 21 heavy (non-hydrogen) atoms. The Hall–Kier alpha value is -2.63. The first-order valence-corrected chi connectivity index (χ1v) is 6.61. The van der Waals surface area contributed by atoms with Crippen molar-refractivity contribution in [3.8, 4) is 0 Å². The first-order chi connectivity index (χ1) is 9.96. The fourth-order valence-electron chi connectivity index (χ4n) is 1.93. The molecule has 1 heterocycles. The van der Waals surface area contributed by atoms with Crippen LogP contribution in [0, 0.1) is 0 Å². The van der Waals surface area contributed by atoms with Gasteiger partial charge < -0.3 is 15.7 Å². The number of nitrogens with one attached hydrogen (secondary N) is 2. The van der Waals surface area contributed by atoms with Crippen LogP contribution in [0.2, 0.25) is 0 Å². The number of carboxylic acid groups (broad SMARTS) is 1. The lowest BCUT2D eigenvalue weighted by Gasteiger charge is -2.24. The Labute approximate surface area is 122 Å². The highest BCUT2D eigenvalue weighted by Gasteiger charge is 2.32. The van der Waals surface area contributed by atoms with Crippen LogP contribution in [-0.4, -0.2) is 27.6 Å².